The third-order valence-corrected chi connectivity index (χ3v) is 11.6. The van der Waals surface area contributed by atoms with E-state index in [1.165, 1.54) is 11.6 Å². The molecule has 3 unspecified atom stereocenters. The average molecular weight is 648 g/mol. The number of halogens is 4. The third-order valence-electron chi connectivity index (χ3n) is 9.95. The highest BCUT2D eigenvalue weighted by molar-refractivity contribution is 7.91. The fourth-order valence-electron chi connectivity index (χ4n) is 7.13. The van der Waals surface area contributed by atoms with E-state index in [4.69, 9.17) is 4.98 Å². The number of hydrogen-bond donors (Lipinski definition) is 0. The number of hydrogen-bond acceptors (Lipinski definition) is 5. The summed E-state index contributed by atoms with van der Waals surface area (Å²) in [4.78, 5) is 18.4. The van der Waals surface area contributed by atoms with Gasteiger partial charge in [-0.3, -0.25) is 9.36 Å². The molecular weight excluding hydrogens is 618 g/mol. The molecule has 4 aromatic rings. The maximum Gasteiger partial charge on any atom is 0.419 e. The van der Waals surface area contributed by atoms with Gasteiger partial charge in [0.2, 0.25) is 0 Å². The normalized spacial score (nSPS) is 23.3. The third kappa shape index (κ3) is 5.42. The fraction of sp³-hybridized carbons (Fsp3) is 0.343. The topological polar surface area (TPSA) is 92.8 Å². The van der Waals surface area contributed by atoms with Crippen LogP contribution in [0.2, 0.25) is 0 Å². The van der Waals surface area contributed by atoms with Crippen LogP contribution in [0.5, 0.6) is 0 Å². The quantitative estimate of drug-likeness (QED) is 0.131. The zero-order chi connectivity index (χ0) is 32.6. The minimum absolute atomic E-state index is 0.00606. The van der Waals surface area contributed by atoms with Gasteiger partial charge in [-0.05, 0) is 84.3 Å². The van der Waals surface area contributed by atoms with Crippen LogP contribution in [-0.4, -0.2) is 35.3 Å². The van der Waals surface area contributed by atoms with Gasteiger partial charge in [-0.2, -0.15) is 18.4 Å². The standard InChI is InChI=1S/C35H29F4N3O3S/c1-34(33-41-31-4-2-3-5-32(31)42(33)22-9-6-20(18-40)7-10-22)27(12-13-46(44,45)19-26-24-17-25(24)26)28(34)16-23(43)14-21-8-11-30(36)29(15-21)35(37,38)39/h2-11,15,24,27-28H,12-14,16-17,19H2,1H3/t24?,27?,28-,34?/m1/s1. The van der Waals surface area contributed by atoms with Gasteiger partial charge >= 0.3 is 6.18 Å². The predicted molar refractivity (Wildman–Crippen MR) is 163 cm³/mol. The van der Waals surface area contributed by atoms with E-state index in [0.717, 1.165) is 29.3 Å². The number of fused-ring (bicyclic) bond motifs is 2. The molecule has 0 N–H and O–H groups in total. The number of nitrogens with zero attached hydrogens (tertiary/aromatic N) is 3. The maximum atomic E-state index is 13.9. The minimum Gasteiger partial charge on any atom is -0.299 e. The van der Waals surface area contributed by atoms with Gasteiger partial charge in [-0.1, -0.05) is 30.7 Å². The Kier molecular flexibility index (Phi) is 7.01. The molecule has 0 radical (unpaired) electrons. The lowest BCUT2D eigenvalue weighted by atomic mass is 9.98. The van der Waals surface area contributed by atoms with Crippen molar-refractivity contribution in [3.63, 3.8) is 0 Å². The van der Waals surface area contributed by atoms with Gasteiger partial charge < -0.3 is 0 Å². The molecule has 1 heterocycles. The molecule has 0 aliphatic heterocycles. The molecule has 46 heavy (non-hydrogen) atoms. The first-order valence-corrected chi connectivity index (χ1v) is 16.9. The molecule has 0 bridgehead atoms. The molecule has 0 spiro atoms. The number of para-hydroxylation sites is 2. The smallest absolute Gasteiger partial charge is 0.299 e. The van der Waals surface area contributed by atoms with E-state index in [9.17, 15) is 36.0 Å². The van der Waals surface area contributed by atoms with Crippen molar-refractivity contribution in [3.05, 3.63) is 106 Å². The molecule has 2 saturated carbocycles. The number of rotatable bonds is 11. The molecule has 7 rings (SSSR count). The van der Waals surface area contributed by atoms with Crippen LogP contribution < -0.4 is 0 Å². The van der Waals surface area contributed by atoms with Gasteiger partial charge in [0.25, 0.3) is 0 Å². The number of ketones is 1. The second kappa shape index (κ2) is 10.6. The van der Waals surface area contributed by atoms with Crippen LogP contribution in [-0.2, 0) is 32.6 Å². The lowest BCUT2D eigenvalue weighted by Crippen LogP contribution is -2.17. The Hall–Kier alpha value is -4.30. The van der Waals surface area contributed by atoms with Crippen LogP contribution >= 0.6 is 0 Å². The van der Waals surface area contributed by atoms with Crippen molar-refractivity contribution in [1.29, 1.82) is 5.26 Å². The highest BCUT2D eigenvalue weighted by Gasteiger charge is 2.64. The van der Waals surface area contributed by atoms with E-state index in [0.29, 0.717) is 35.3 Å². The van der Waals surface area contributed by atoms with Gasteiger partial charge in [0.05, 0.1) is 39.7 Å². The summed E-state index contributed by atoms with van der Waals surface area (Å²) in [5.74, 6) is -1.25. The summed E-state index contributed by atoms with van der Waals surface area (Å²) in [7, 11) is -3.37. The molecular formula is C35H29F4N3O3S. The Morgan fingerprint density at radius 1 is 1.09 bits per heavy atom. The predicted octanol–water partition coefficient (Wildman–Crippen LogP) is 6.90. The van der Waals surface area contributed by atoms with Crippen molar-refractivity contribution < 1.29 is 30.8 Å². The number of aromatic nitrogens is 2. The molecule has 3 aromatic carbocycles. The lowest BCUT2D eigenvalue weighted by Gasteiger charge is -2.17. The van der Waals surface area contributed by atoms with Crippen LogP contribution in [0.3, 0.4) is 0 Å². The molecule has 11 heteroatoms. The summed E-state index contributed by atoms with van der Waals surface area (Å²) in [6.07, 6.45) is -3.91. The van der Waals surface area contributed by atoms with Crippen molar-refractivity contribution in [2.24, 2.45) is 17.8 Å². The molecule has 4 atom stereocenters. The summed E-state index contributed by atoms with van der Waals surface area (Å²) in [6, 6.07) is 19.2. The molecule has 6 nitrogen and oxygen atoms in total. The van der Waals surface area contributed by atoms with Gasteiger partial charge in [0.1, 0.15) is 17.4 Å². The number of benzene rings is 3. The number of Topliss-reactive ketones (excluding diaryl/α,β-unsaturated/α-hetero) is 1. The van der Waals surface area contributed by atoms with Crippen LogP contribution in [0.25, 0.3) is 16.7 Å². The Morgan fingerprint density at radius 2 is 1.80 bits per heavy atom. The fourth-order valence-corrected chi connectivity index (χ4v) is 8.75. The van der Waals surface area contributed by atoms with Crippen molar-refractivity contribution in [2.75, 3.05) is 11.5 Å². The molecule has 0 amide bonds. The Labute approximate surface area is 263 Å². The van der Waals surface area contributed by atoms with E-state index < -0.39 is 32.8 Å². The monoisotopic (exact) mass is 647 g/mol. The van der Waals surface area contributed by atoms with Crippen molar-refractivity contribution in [2.45, 2.75) is 44.2 Å². The van der Waals surface area contributed by atoms with Crippen LogP contribution in [0.4, 0.5) is 17.6 Å². The molecule has 1 aromatic heterocycles. The van der Waals surface area contributed by atoms with Gasteiger partial charge in [0.15, 0.2) is 9.84 Å². The average Bonchev–Trinajstić information content (AvgIpc) is 3.96. The van der Waals surface area contributed by atoms with Gasteiger partial charge in [0, 0.05) is 29.9 Å². The number of nitriles is 1. The lowest BCUT2D eigenvalue weighted by molar-refractivity contribution is -0.140. The number of carbonyl (C=O) groups is 1. The second-order valence-corrected chi connectivity index (χ2v) is 15.0. The van der Waals surface area contributed by atoms with Crippen molar-refractivity contribution in [1.82, 2.24) is 9.55 Å². The molecule has 2 fully saturated rings. The number of sulfone groups is 1. The van der Waals surface area contributed by atoms with E-state index in [-0.39, 0.29) is 47.5 Å². The van der Waals surface area contributed by atoms with E-state index >= 15 is 0 Å². The SMILES string of the molecule is CC1(c2nc3ccccc3n2-c2ccc(C#N)cc2)C(CCS(=O)(=O)CC2=C3CC32)[C@H]1CC(=O)Cc1ccc(F)c(C(F)(F)F)c1. The Morgan fingerprint density at radius 3 is 2.46 bits per heavy atom. The summed E-state index contributed by atoms with van der Waals surface area (Å²) in [6.45, 7) is 1.96. The van der Waals surface area contributed by atoms with Gasteiger partial charge in [-0.15, -0.1) is 0 Å². The summed E-state index contributed by atoms with van der Waals surface area (Å²) < 4.78 is 81.9. The zero-order valence-electron chi connectivity index (χ0n) is 24.8. The summed E-state index contributed by atoms with van der Waals surface area (Å²) in [5.41, 5.74) is 2.94. The molecule has 3 aliphatic rings. The number of allylic oxidation sites excluding steroid dienone is 1. The number of alkyl halides is 3. The van der Waals surface area contributed by atoms with Gasteiger partial charge in [-0.25, -0.2) is 17.8 Å². The minimum atomic E-state index is -4.89. The van der Waals surface area contributed by atoms with E-state index in [1.54, 1.807) is 12.1 Å². The summed E-state index contributed by atoms with van der Waals surface area (Å²) >= 11 is 0. The van der Waals surface area contributed by atoms with E-state index in [2.05, 4.69) is 6.07 Å². The highest BCUT2D eigenvalue weighted by atomic mass is 32.2. The maximum absolute atomic E-state index is 13.9. The second-order valence-electron chi connectivity index (χ2n) is 12.8. The first-order chi connectivity index (χ1) is 21.8. The molecule has 0 saturated heterocycles. The zero-order valence-corrected chi connectivity index (χ0v) is 25.6. The number of carbonyl (C=O) groups excluding carboxylic acids is 1. The van der Waals surface area contributed by atoms with Crippen molar-refractivity contribution >= 4 is 26.7 Å². The van der Waals surface area contributed by atoms with Crippen molar-refractivity contribution in [3.8, 4) is 11.8 Å². The first-order valence-electron chi connectivity index (χ1n) is 15.1. The van der Waals surface area contributed by atoms with Crippen LogP contribution in [0, 0.1) is 34.9 Å². The highest BCUT2D eigenvalue weighted by Crippen LogP contribution is 2.64. The van der Waals surface area contributed by atoms with Crippen LogP contribution in [0.1, 0.15) is 48.7 Å². The Bertz CT molecular complexity index is 2090. The number of imidazole rings is 1. The first kappa shape index (κ1) is 30.4. The summed E-state index contributed by atoms with van der Waals surface area (Å²) in [5, 5.41) is 9.33. The van der Waals surface area contributed by atoms with E-state index in [1.807, 2.05) is 47.9 Å². The Balaban J connectivity index is 1.21. The largest absolute Gasteiger partial charge is 0.419 e. The molecule has 3 aliphatic carbocycles. The van der Waals surface area contributed by atoms with Crippen LogP contribution in [0.15, 0.2) is 77.9 Å². The molecule has 236 valence electrons.